The van der Waals surface area contributed by atoms with Gasteiger partial charge in [0.25, 0.3) is 5.69 Å². The Hall–Kier alpha value is -3.71. The van der Waals surface area contributed by atoms with Gasteiger partial charge in [0.1, 0.15) is 16.5 Å². The molecule has 0 aliphatic heterocycles. The minimum atomic E-state index is -0.510. The zero-order chi connectivity index (χ0) is 26.0. The zero-order valence-corrected chi connectivity index (χ0v) is 21.1. The molecule has 3 aromatic rings. The van der Waals surface area contributed by atoms with Gasteiger partial charge in [-0.3, -0.25) is 19.7 Å². The molecule has 0 spiro atoms. The smallest absolute Gasteiger partial charge is 0.308 e. The third kappa shape index (κ3) is 5.69. The second kappa shape index (κ2) is 10.3. The summed E-state index contributed by atoms with van der Waals surface area (Å²) in [6.07, 6.45) is 0. The molecule has 35 heavy (non-hydrogen) atoms. The van der Waals surface area contributed by atoms with Gasteiger partial charge in [-0.15, -0.1) is 0 Å². The van der Waals surface area contributed by atoms with Crippen molar-refractivity contribution < 1.29 is 24.0 Å². The SMILES string of the molecule is CC(=O)Oc1c(C)cc(C(c2cc(C)c(OC(C)=O)c(C)c2)c2ccc(Cl)c([N+](=O)[O-])c2)cc1C. The van der Waals surface area contributed by atoms with Gasteiger partial charge in [0.2, 0.25) is 0 Å². The fourth-order valence-electron chi connectivity index (χ4n) is 4.34. The van der Waals surface area contributed by atoms with Crippen molar-refractivity contribution in [1.82, 2.24) is 0 Å². The number of carbonyl (C=O) groups is 2. The summed E-state index contributed by atoms with van der Waals surface area (Å²) in [5.74, 6) is -0.264. The Bertz CT molecular complexity index is 1230. The van der Waals surface area contributed by atoms with Crippen molar-refractivity contribution in [2.75, 3.05) is 0 Å². The quantitative estimate of drug-likeness (QED) is 0.127. The summed E-state index contributed by atoms with van der Waals surface area (Å²) >= 11 is 6.09. The number of nitro benzene ring substituents is 1. The molecule has 0 bridgehead atoms. The minimum absolute atomic E-state index is 0.0487. The van der Waals surface area contributed by atoms with Crippen LogP contribution in [0.3, 0.4) is 0 Å². The van der Waals surface area contributed by atoms with Gasteiger partial charge in [0.15, 0.2) is 0 Å². The number of aryl methyl sites for hydroxylation is 4. The van der Waals surface area contributed by atoms with Crippen LogP contribution < -0.4 is 9.47 Å². The molecule has 3 aromatic carbocycles. The van der Waals surface area contributed by atoms with Gasteiger partial charge >= 0.3 is 11.9 Å². The molecule has 8 heteroatoms. The lowest BCUT2D eigenvalue weighted by Crippen LogP contribution is -2.10. The molecule has 0 N–H and O–H groups in total. The summed E-state index contributed by atoms with van der Waals surface area (Å²) in [7, 11) is 0. The molecule has 7 nitrogen and oxygen atoms in total. The molecule has 3 rings (SSSR count). The maximum Gasteiger partial charge on any atom is 0.308 e. The molecular formula is C27H26ClNO6. The van der Waals surface area contributed by atoms with Gasteiger partial charge in [-0.05, 0) is 72.7 Å². The first-order chi connectivity index (χ1) is 16.4. The molecule has 0 unspecified atom stereocenters. The number of esters is 2. The average Bonchev–Trinajstić information content (AvgIpc) is 2.74. The van der Waals surface area contributed by atoms with Gasteiger partial charge < -0.3 is 9.47 Å². The second-order valence-corrected chi connectivity index (χ2v) is 8.96. The van der Waals surface area contributed by atoms with E-state index in [0.29, 0.717) is 17.1 Å². The van der Waals surface area contributed by atoms with Crippen molar-refractivity contribution in [2.24, 2.45) is 0 Å². The van der Waals surface area contributed by atoms with Gasteiger partial charge in [0, 0.05) is 25.8 Å². The van der Waals surface area contributed by atoms with Gasteiger partial charge in [-0.25, -0.2) is 0 Å². The van der Waals surface area contributed by atoms with E-state index in [-0.39, 0.29) is 10.7 Å². The van der Waals surface area contributed by atoms with Crippen molar-refractivity contribution in [3.63, 3.8) is 0 Å². The van der Waals surface area contributed by atoms with E-state index in [0.717, 1.165) is 33.4 Å². The lowest BCUT2D eigenvalue weighted by Gasteiger charge is -2.23. The maximum absolute atomic E-state index is 11.6. The van der Waals surface area contributed by atoms with Crippen molar-refractivity contribution in [3.8, 4) is 11.5 Å². The van der Waals surface area contributed by atoms with Crippen molar-refractivity contribution >= 4 is 29.2 Å². The highest BCUT2D eigenvalue weighted by Gasteiger charge is 2.24. The fraction of sp³-hybridized carbons (Fsp3) is 0.259. The maximum atomic E-state index is 11.6. The average molecular weight is 496 g/mol. The third-order valence-electron chi connectivity index (χ3n) is 5.62. The summed E-state index contributed by atoms with van der Waals surface area (Å²) in [6.45, 7) is 10.1. The Morgan fingerprint density at radius 2 is 1.17 bits per heavy atom. The van der Waals surface area contributed by atoms with Crippen LogP contribution in [0.2, 0.25) is 5.02 Å². The minimum Gasteiger partial charge on any atom is -0.426 e. The molecule has 0 heterocycles. The third-order valence-corrected chi connectivity index (χ3v) is 5.94. The topological polar surface area (TPSA) is 95.7 Å². The van der Waals surface area contributed by atoms with E-state index in [1.54, 1.807) is 6.07 Å². The van der Waals surface area contributed by atoms with E-state index in [4.69, 9.17) is 21.1 Å². The van der Waals surface area contributed by atoms with E-state index >= 15 is 0 Å². The lowest BCUT2D eigenvalue weighted by atomic mass is 9.82. The first-order valence-corrected chi connectivity index (χ1v) is 11.3. The monoisotopic (exact) mass is 495 g/mol. The first kappa shape index (κ1) is 25.9. The Labute approximate surface area is 208 Å². The highest BCUT2D eigenvalue weighted by molar-refractivity contribution is 6.32. The predicted octanol–water partition coefficient (Wildman–Crippen LogP) is 6.51. The van der Waals surface area contributed by atoms with Gasteiger partial charge in [-0.2, -0.15) is 0 Å². The molecule has 182 valence electrons. The number of carbonyl (C=O) groups excluding carboxylic acids is 2. The van der Waals surface area contributed by atoms with Crippen LogP contribution in [-0.4, -0.2) is 16.9 Å². The normalized spacial score (nSPS) is 10.9. The number of nitro groups is 1. The molecule has 0 atom stereocenters. The van der Waals surface area contributed by atoms with Crippen LogP contribution in [0.5, 0.6) is 11.5 Å². The van der Waals surface area contributed by atoms with Crippen LogP contribution in [0.25, 0.3) is 0 Å². The molecule has 0 aliphatic rings. The Kier molecular flexibility index (Phi) is 7.60. The van der Waals surface area contributed by atoms with Crippen LogP contribution in [0.1, 0.15) is 58.7 Å². The van der Waals surface area contributed by atoms with Gasteiger partial charge in [0.05, 0.1) is 4.92 Å². The Balaban J connectivity index is 2.28. The summed E-state index contributed by atoms with van der Waals surface area (Å²) in [5, 5.41) is 11.7. The fourth-order valence-corrected chi connectivity index (χ4v) is 4.52. The number of hydrogen-bond acceptors (Lipinski definition) is 6. The number of benzene rings is 3. The summed E-state index contributed by atoms with van der Waals surface area (Å²) in [5.41, 5.74) is 5.21. The molecule has 0 fully saturated rings. The summed E-state index contributed by atoms with van der Waals surface area (Å²) in [4.78, 5) is 34.2. The largest absolute Gasteiger partial charge is 0.426 e. The Morgan fingerprint density at radius 1 is 0.771 bits per heavy atom. The first-order valence-electron chi connectivity index (χ1n) is 10.9. The highest BCUT2D eigenvalue weighted by Crippen LogP contribution is 2.40. The van der Waals surface area contributed by atoms with E-state index in [9.17, 15) is 19.7 Å². The molecular weight excluding hydrogens is 470 g/mol. The van der Waals surface area contributed by atoms with E-state index < -0.39 is 22.8 Å². The molecule has 0 aromatic heterocycles. The molecule has 0 saturated heterocycles. The standard InChI is InChI=1S/C27H26ClNO6/c1-14-9-21(10-15(2)26(14)34-18(5)30)25(20-7-8-23(28)24(13-20)29(32)33)22-11-16(3)27(17(4)12-22)35-19(6)31/h7-13,25H,1-6H3. The Morgan fingerprint density at radius 3 is 1.51 bits per heavy atom. The van der Waals surface area contributed by atoms with Gasteiger partial charge in [-0.1, -0.05) is 41.9 Å². The van der Waals surface area contributed by atoms with E-state index in [1.807, 2.05) is 52.0 Å². The number of halogens is 1. The predicted molar refractivity (Wildman–Crippen MR) is 134 cm³/mol. The number of nitrogens with zero attached hydrogens (tertiary/aromatic N) is 1. The molecule has 0 radical (unpaired) electrons. The van der Waals surface area contributed by atoms with Crippen LogP contribution in [0.4, 0.5) is 5.69 Å². The number of hydrogen-bond donors (Lipinski definition) is 0. The highest BCUT2D eigenvalue weighted by atomic mass is 35.5. The van der Waals surface area contributed by atoms with Crippen molar-refractivity contribution in [1.29, 1.82) is 0 Å². The summed E-state index contributed by atoms with van der Waals surface area (Å²) in [6, 6.07) is 12.4. The van der Waals surface area contributed by atoms with Crippen LogP contribution in [0, 0.1) is 37.8 Å². The van der Waals surface area contributed by atoms with E-state index in [2.05, 4.69) is 0 Å². The summed E-state index contributed by atoms with van der Waals surface area (Å²) < 4.78 is 10.8. The lowest BCUT2D eigenvalue weighted by molar-refractivity contribution is -0.384. The molecule has 0 amide bonds. The second-order valence-electron chi connectivity index (χ2n) is 8.56. The van der Waals surface area contributed by atoms with Crippen LogP contribution >= 0.6 is 11.6 Å². The van der Waals surface area contributed by atoms with Crippen molar-refractivity contribution in [3.05, 3.63) is 96.5 Å². The zero-order valence-electron chi connectivity index (χ0n) is 20.4. The van der Waals surface area contributed by atoms with Crippen LogP contribution in [0.15, 0.2) is 42.5 Å². The number of ether oxygens (including phenoxy) is 2. The van der Waals surface area contributed by atoms with E-state index in [1.165, 1.54) is 26.0 Å². The van der Waals surface area contributed by atoms with Crippen molar-refractivity contribution in [2.45, 2.75) is 47.5 Å². The molecule has 0 saturated carbocycles. The number of rotatable bonds is 6. The molecule has 0 aliphatic carbocycles. The van der Waals surface area contributed by atoms with Crippen LogP contribution in [-0.2, 0) is 9.59 Å².